The summed E-state index contributed by atoms with van der Waals surface area (Å²) in [7, 11) is 0. The molecule has 18 heavy (non-hydrogen) atoms. The number of para-hydroxylation sites is 1. The van der Waals surface area contributed by atoms with E-state index in [0.717, 1.165) is 34.6 Å². The lowest BCUT2D eigenvalue weighted by Gasteiger charge is -2.11. The topological polar surface area (TPSA) is 54.9 Å². The lowest BCUT2D eigenvalue weighted by atomic mass is 10.1. The van der Waals surface area contributed by atoms with Crippen LogP contribution >= 0.6 is 22.9 Å². The average molecular weight is 282 g/mol. The molecule has 2 rings (SSSR count). The van der Waals surface area contributed by atoms with Crippen LogP contribution in [-0.4, -0.2) is 16.1 Å². The molecule has 0 unspecified atom stereocenters. The zero-order valence-electron chi connectivity index (χ0n) is 10.0. The molecule has 0 bridgehead atoms. The highest BCUT2D eigenvalue weighted by molar-refractivity contribution is 7.17. The molecule has 94 valence electrons. The summed E-state index contributed by atoms with van der Waals surface area (Å²) in [5.74, 6) is -0.275. The van der Waals surface area contributed by atoms with Crippen molar-refractivity contribution in [2.75, 3.05) is 5.32 Å². The number of carbonyl (C=O) groups excluding carboxylic acids is 1. The Labute approximate surface area is 114 Å². The number of carbonyl (C=O) groups is 1. The molecule has 1 heterocycles. The summed E-state index contributed by atoms with van der Waals surface area (Å²) in [6.45, 7) is 4.01. The number of nitrogens with one attached hydrogen (secondary N) is 1. The molecular formula is C12H12ClN3OS. The number of anilines is 1. The molecule has 0 aliphatic heterocycles. The van der Waals surface area contributed by atoms with E-state index in [1.54, 1.807) is 0 Å². The number of rotatable bonds is 3. The van der Waals surface area contributed by atoms with E-state index in [-0.39, 0.29) is 15.4 Å². The summed E-state index contributed by atoms with van der Waals surface area (Å²) < 4.78 is 0.264. The third-order valence-electron chi connectivity index (χ3n) is 2.57. The van der Waals surface area contributed by atoms with Gasteiger partial charge in [0.25, 0.3) is 5.91 Å². The van der Waals surface area contributed by atoms with Gasteiger partial charge >= 0.3 is 0 Å². The summed E-state index contributed by atoms with van der Waals surface area (Å²) in [6.07, 6.45) is 0.855. The molecule has 0 aliphatic carbocycles. The van der Waals surface area contributed by atoms with E-state index in [1.165, 1.54) is 0 Å². The van der Waals surface area contributed by atoms with Gasteiger partial charge < -0.3 is 5.32 Å². The molecule has 0 saturated heterocycles. The van der Waals surface area contributed by atoms with Crippen LogP contribution in [0.2, 0.25) is 4.47 Å². The Hall–Kier alpha value is -1.46. The minimum absolute atomic E-state index is 0.264. The van der Waals surface area contributed by atoms with Gasteiger partial charge in [-0.2, -0.15) is 0 Å². The number of aromatic nitrogens is 2. The number of amides is 1. The van der Waals surface area contributed by atoms with Crippen molar-refractivity contribution >= 4 is 34.5 Å². The molecule has 0 fully saturated rings. The SMILES string of the molecule is CCc1cccc(C)c1NC(=O)c1nnc(Cl)s1. The van der Waals surface area contributed by atoms with Crippen LogP contribution in [-0.2, 0) is 6.42 Å². The Morgan fingerprint density at radius 3 is 2.83 bits per heavy atom. The van der Waals surface area contributed by atoms with Crippen molar-refractivity contribution in [3.63, 3.8) is 0 Å². The smallest absolute Gasteiger partial charge is 0.286 e. The molecule has 6 heteroatoms. The average Bonchev–Trinajstić information content (AvgIpc) is 2.78. The van der Waals surface area contributed by atoms with Gasteiger partial charge in [-0.05, 0) is 36.1 Å². The summed E-state index contributed by atoms with van der Waals surface area (Å²) in [5, 5.41) is 10.5. The summed E-state index contributed by atoms with van der Waals surface area (Å²) in [4.78, 5) is 12.0. The highest BCUT2D eigenvalue weighted by Crippen LogP contribution is 2.23. The Morgan fingerprint density at radius 1 is 1.44 bits per heavy atom. The van der Waals surface area contributed by atoms with E-state index >= 15 is 0 Å². The first-order valence-corrected chi connectivity index (χ1v) is 6.70. The fourth-order valence-corrected chi connectivity index (χ4v) is 2.39. The van der Waals surface area contributed by atoms with Crippen molar-refractivity contribution < 1.29 is 4.79 Å². The monoisotopic (exact) mass is 281 g/mol. The van der Waals surface area contributed by atoms with Crippen molar-refractivity contribution in [2.45, 2.75) is 20.3 Å². The second-order valence-electron chi connectivity index (χ2n) is 3.78. The van der Waals surface area contributed by atoms with Gasteiger partial charge in [-0.3, -0.25) is 4.79 Å². The highest BCUT2D eigenvalue weighted by atomic mass is 35.5. The molecule has 1 amide bonds. The first-order valence-electron chi connectivity index (χ1n) is 5.50. The first kappa shape index (κ1) is 13.0. The normalized spacial score (nSPS) is 10.4. The molecule has 0 radical (unpaired) electrons. The van der Waals surface area contributed by atoms with Crippen LogP contribution in [0.1, 0.15) is 27.9 Å². The second-order valence-corrected chi connectivity index (χ2v) is 5.34. The number of aryl methyl sites for hydroxylation is 2. The predicted molar refractivity (Wildman–Crippen MR) is 73.4 cm³/mol. The van der Waals surface area contributed by atoms with E-state index < -0.39 is 0 Å². The van der Waals surface area contributed by atoms with E-state index in [0.29, 0.717) is 0 Å². The number of hydrogen-bond acceptors (Lipinski definition) is 4. The van der Waals surface area contributed by atoms with Gasteiger partial charge in [0.05, 0.1) is 0 Å². The lowest BCUT2D eigenvalue weighted by molar-refractivity contribution is 0.102. The zero-order chi connectivity index (χ0) is 13.1. The maximum absolute atomic E-state index is 12.0. The highest BCUT2D eigenvalue weighted by Gasteiger charge is 2.14. The lowest BCUT2D eigenvalue weighted by Crippen LogP contribution is -2.14. The fraction of sp³-hybridized carbons (Fsp3) is 0.250. The molecule has 0 saturated carbocycles. The summed E-state index contributed by atoms with van der Waals surface area (Å²) in [6, 6.07) is 5.93. The molecule has 1 aromatic carbocycles. The van der Waals surface area contributed by atoms with Crippen molar-refractivity contribution in [1.29, 1.82) is 0 Å². The van der Waals surface area contributed by atoms with Gasteiger partial charge in [-0.25, -0.2) is 0 Å². The molecule has 2 aromatic rings. The van der Waals surface area contributed by atoms with E-state index in [1.807, 2.05) is 32.0 Å². The molecule has 0 spiro atoms. The maximum atomic E-state index is 12.0. The van der Waals surface area contributed by atoms with E-state index in [9.17, 15) is 4.79 Å². The van der Waals surface area contributed by atoms with Crippen LogP contribution in [0.25, 0.3) is 0 Å². The van der Waals surface area contributed by atoms with Crippen molar-refractivity contribution in [2.24, 2.45) is 0 Å². The number of nitrogens with zero attached hydrogens (tertiary/aromatic N) is 2. The van der Waals surface area contributed by atoms with Gasteiger partial charge in [-0.1, -0.05) is 36.5 Å². The third-order valence-corrected chi connectivity index (χ3v) is 3.59. The summed E-state index contributed by atoms with van der Waals surface area (Å²) >= 11 is 6.73. The largest absolute Gasteiger partial charge is 0.319 e. The molecule has 4 nitrogen and oxygen atoms in total. The summed E-state index contributed by atoms with van der Waals surface area (Å²) in [5.41, 5.74) is 2.97. The van der Waals surface area contributed by atoms with Gasteiger partial charge in [0.15, 0.2) is 0 Å². The Bertz CT molecular complexity index is 582. The van der Waals surface area contributed by atoms with E-state index in [4.69, 9.17) is 11.6 Å². The van der Waals surface area contributed by atoms with Crippen LogP contribution in [0.5, 0.6) is 0 Å². The van der Waals surface area contributed by atoms with Crippen molar-refractivity contribution in [3.8, 4) is 0 Å². The van der Waals surface area contributed by atoms with Gasteiger partial charge in [0.2, 0.25) is 9.47 Å². The maximum Gasteiger partial charge on any atom is 0.286 e. The molecular weight excluding hydrogens is 270 g/mol. The quantitative estimate of drug-likeness (QED) is 0.939. The molecule has 1 aromatic heterocycles. The Morgan fingerprint density at radius 2 is 2.22 bits per heavy atom. The first-order chi connectivity index (χ1) is 8.61. The van der Waals surface area contributed by atoms with Crippen LogP contribution in [0.3, 0.4) is 0 Å². The predicted octanol–water partition coefficient (Wildman–Crippen LogP) is 3.31. The molecule has 1 N–H and O–H groups in total. The van der Waals surface area contributed by atoms with Crippen LogP contribution in [0, 0.1) is 6.92 Å². The molecule has 0 atom stereocenters. The second kappa shape index (κ2) is 5.46. The Balaban J connectivity index is 2.26. The van der Waals surface area contributed by atoms with Crippen LogP contribution in [0.15, 0.2) is 18.2 Å². The zero-order valence-corrected chi connectivity index (χ0v) is 11.6. The van der Waals surface area contributed by atoms with Gasteiger partial charge in [-0.15, -0.1) is 10.2 Å². The van der Waals surface area contributed by atoms with Crippen molar-refractivity contribution in [3.05, 3.63) is 38.8 Å². The van der Waals surface area contributed by atoms with Crippen LogP contribution < -0.4 is 5.32 Å². The Kier molecular flexibility index (Phi) is 3.93. The van der Waals surface area contributed by atoms with Crippen LogP contribution in [0.4, 0.5) is 5.69 Å². The standard InChI is InChI=1S/C12H12ClN3OS/c1-3-8-6-4-5-7(2)9(8)14-10(17)11-15-16-12(13)18-11/h4-6H,3H2,1-2H3,(H,14,17). The van der Waals surface area contributed by atoms with Gasteiger partial charge in [0, 0.05) is 5.69 Å². The third kappa shape index (κ3) is 2.68. The number of benzene rings is 1. The number of halogens is 1. The van der Waals surface area contributed by atoms with Crippen molar-refractivity contribution in [1.82, 2.24) is 10.2 Å². The fourth-order valence-electron chi connectivity index (χ4n) is 1.67. The molecule has 0 aliphatic rings. The van der Waals surface area contributed by atoms with Gasteiger partial charge in [0.1, 0.15) is 0 Å². The van der Waals surface area contributed by atoms with E-state index in [2.05, 4.69) is 15.5 Å². The minimum Gasteiger partial charge on any atom is -0.319 e. The minimum atomic E-state index is -0.275. The number of hydrogen-bond donors (Lipinski definition) is 1.